The third-order valence-electron chi connectivity index (χ3n) is 6.07. The number of hydrogen-bond donors (Lipinski definition) is 2. The van der Waals surface area contributed by atoms with Gasteiger partial charge in [-0.1, -0.05) is 24.3 Å². The van der Waals surface area contributed by atoms with Crippen LogP contribution in [0.3, 0.4) is 0 Å². The summed E-state index contributed by atoms with van der Waals surface area (Å²) in [4.78, 5) is 27.0. The second-order valence-corrected chi connectivity index (χ2v) is 8.34. The highest BCUT2D eigenvalue weighted by Crippen LogP contribution is 2.25. The van der Waals surface area contributed by atoms with Gasteiger partial charge < -0.3 is 15.8 Å². The molecule has 0 spiro atoms. The Labute approximate surface area is 192 Å². The summed E-state index contributed by atoms with van der Waals surface area (Å²) in [7, 11) is 1.45. The second kappa shape index (κ2) is 9.99. The number of likely N-dealkylation sites (tertiary alicyclic amines) is 1. The highest BCUT2D eigenvalue weighted by atomic mass is 19.1. The molecule has 33 heavy (non-hydrogen) atoms. The van der Waals surface area contributed by atoms with E-state index in [1.165, 1.54) is 18.2 Å². The van der Waals surface area contributed by atoms with Gasteiger partial charge in [0, 0.05) is 32.1 Å². The first-order valence-corrected chi connectivity index (χ1v) is 11.0. The summed E-state index contributed by atoms with van der Waals surface area (Å²) in [6.07, 6.45) is 1.73. The minimum atomic E-state index is -0.681. The van der Waals surface area contributed by atoms with Crippen molar-refractivity contribution in [3.63, 3.8) is 0 Å². The van der Waals surface area contributed by atoms with E-state index in [-0.39, 0.29) is 29.9 Å². The number of nitrogens with zero attached hydrogens (tertiary/aromatic N) is 3. The van der Waals surface area contributed by atoms with Crippen LogP contribution in [0.25, 0.3) is 0 Å². The van der Waals surface area contributed by atoms with Crippen molar-refractivity contribution < 1.29 is 18.7 Å². The van der Waals surface area contributed by atoms with Crippen molar-refractivity contribution in [3.8, 4) is 5.75 Å². The van der Waals surface area contributed by atoms with Crippen LogP contribution in [0.4, 0.5) is 10.1 Å². The van der Waals surface area contributed by atoms with E-state index >= 15 is 0 Å². The zero-order valence-corrected chi connectivity index (χ0v) is 18.5. The summed E-state index contributed by atoms with van der Waals surface area (Å²) in [5.74, 6) is -0.920. The molecule has 1 unspecified atom stereocenters. The molecule has 2 amide bonds. The Kier molecular flexibility index (Phi) is 6.88. The van der Waals surface area contributed by atoms with Gasteiger partial charge in [0.2, 0.25) is 5.91 Å². The highest BCUT2D eigenvalue weighted by Gasteiger charge is 2.35. The molecule has 8 nitrogen and oxygen atoms in total. The number of nitrogens with one attached hydrogen (secondary N) is 1. The van der Waals surface area contributed by atoms with E-state index in [9.17, 15) is 14.0 Å². The van der Waals surface area contributed by atoms with E-state index in [0.29, 0.717) is 17.9 Å². The first-order chi connectivity index (χ1) is 15.9. The van der Waals surface area contributed by atoms with Crippen molar-refractivity contribution in [1.82, 2.24) is 10.2 Å². The Morgan fingerprint density at radius 3 is 2.55 bits per heavy atom. The predicted octanol–water partition coefficient (Wildman–Crippen LogP) is 2.04. The fourth-order valence-electron chi connectivity index (χ4n) is 4.26. The Balaban J connectivity index is 1.31. The molecule has 1 atom stereocenters. The lowest BCUT2D eigenvalue weighted by molar-refractivity contribution is -0.119. The number of carbonyl (C=O) groups excluding carboxylic acids is 2. The second-order valence-electron chi connectivity index (χ2n) is 8.34. The minimum absolute atomic E-state index is 0.0156. The summed E-state index contributed by atoms with van der Waals surface area (Å²) >= 11 is 0. The van der Waals surface area contributed by atoms with Crippen LogP contribution in [-0.4, -0.2) is 54.7 Å². The van der Waals surface area contributed by atoms with E-state index in [1.54, 1.807) is 6.07 Å². The number of anilines is 1. The van der Waals surface area contributed by atoms with E-state index in [1.807, 2.05) is 36.4 Å². The van der Waals surface area contributed by atoms with Gasteiger partial charge in [0.05, 0.1) is 12.8 Å². The maximum atomic E-state index is 13.9. The minimum Gasteiger partial charge on any atom is -0.494 e. The van der Waals surface area contributed by atoms with Crippen molar-refractivity contribution in [3.05, 3.63) is 59.9 Å². The monoisotopic (exact) mass is 453 g/mol. The maximum Gasteiger partial charge on any atom is 0.267 e. The van der Waals surface area contributed by atoms with Crippen LogP contribution in [0, 0.1) is 5.82 Å². The van der Waals surface area contributed by atoms with Crippen LogP contribution in [0.15, 0.2) is 53.6 Å². The summed E-state index contributed by atoms with van der Waals surface area (Å²) < 4.78 is 18.9. The van der Waals surface area contributed by atoms with Gasteiger partial charge in [-0.2, -0.15) is 5.10 Å². The average molecular weight is 454 g/mol. The van der Waals surface area contributed by atoms with Crippen LogP contribution in [-0.2, 0) is 16.1 Å². The largest absolute Gasteiger partial charge is 0.494 e. The number of ether oxygens (including phenoxy) is 1. The topological polar surface area (TPSA) is 100 Å². The molecule has 2 aromatic rings. The Bertz CT molecular complexity index is 1040. The molecule has 4 rings (SSSR count). The Hall–Kier alpha value is -3.46. The molecule has 0 saturated carbocycles. The first-order valence-electron chi connectivity index (χ1n) is 11.0. The van der Waals surface area contributed by atoms with Crippen LogP contribution in [0.5, 0.6) is 5.75 Å². The van der Waals surface area contributed by atoms with Gasteiger partial charge in [-0.3, -0.25) is 19.5 Å². The summed E-state index contributed by atoms with van der Waals surface area (Å²) in [6, 6.07) is 13.5. The third-order valence-corrected chi connectivity index (χ3v) is 6.07. The molecule has 3 N–H and O–H groups in total. The number of piperidine rings is 1. The molecule has 2 aromatic carbocycles. The van der Waals surface area contributed by atoms with Crippen LogP contribution in [0.2, 0.25) is 0 Å². The fraction of sp³-hybridized carbons (Fsp3) is 0.375. The normalized spacial score (nSPS) is 19.3. The molecule has 2 heterocycles. The SMILES string of the molecule is COc1ccc(CN2CCC(NC(=O)C3=NN(c4ccccc4)C(C(N)=O)C3)CC2)cc1F. The first kappa shape index (κ1) is 22.7. The van der Waals surface area contributed by atoms with Crippen LogP contribution in [0.1, 0.15) is 24.8 Å². The number of methoxy groups -OCH3 is 1. The molecule has 2 aliphatic rings. The summed E-state index contributed by atoms with van der Waals surface area (Å²) in [5, 5.41) is 8.97. The number of halogens is 1. The summed E-state index contributed by atoms with van der Waals surface area (Å²) in [6.45, 7) is 2.21. The molecule has 0 aliphatic carbocycles. The van der Waals surface area contributed by atoms with E-state index in [2.05, 4.69) is 15.3 Å². The smallest absolute Gasteiger partial charge is 0.267 e. The maximum absolute atomic E-state index is 13.9. The van der Waals surface area contributed by atoms with E-state index in [0.717, 1.165) is 31.5 Å². The van der Waals surface area contributed by atoms with Crippen molar-refractivity contribution in [2.45, 2.75) is 37.9 Å². The molecular formula is C24H28FN5O3. The molecule has 9 heteroatoms. The predicted molar refractivity (Wildman–Crippen MR) is 123 cm³/mol. The highest BCUT2D eigenvalue weighted by molar-refractivity contribution is 6.40. The number of nitrogens with two attached hydrogens (primary N) is 1. The fourth-order valence-corrected chi connectivity index (χ4v) is 4.26. The Morgan fingerprint density at radius 2 is 1.91 bits per heavy atom. The number of rotatable bonds is 7. The molecule has 2 aliphatic heterocycles. The number of hydrazone groups is 1. The summed E-state index contributed by atoms with van der Waals surface area (Å²) in [5.41, 5.74) is 7.46. The van der Waals surface area contributed by atoms with Gasteiger partial charge in [0.15, 0.2) is 11.6 Å². The van der Waals surface area contributed by atoms with Gasteiger partial charge in [0.25, 0.3) is 5.91 Å². The van der Waals surface area contributed by atoms with Crippen LogP contribution < -0.4 is 20.8 Å². The van der Waals surface area contributed by atoms with Gasteiger partial charge in [-0.15, -0.1) is 0 Å². The lowest BCUT2D eigenvalue weighted by atomic mass is 10.0. The number of hydrogen-bond acceptors (Lipinski definition) is 6. The lowest BCUT2D eigenvalue weighted by Crippen LogP contribution is -2.46. The molecule has 1 fully saturated rings. The quantitative estimate of drug-likeness (QED) is 0.668. The van der Waals surface area contributed by atoms with Gasteiger partial charge in [-0.25, -0.2) is 4.39 Å². The molecule has 1 saturated heterocycles. The number of primary amides is 1. The zero-order valence-electron chi connectivity index (χ0n) is 18.5. The number of carbonyl (C=O) groups is 2. The van der Waals surface area contributed by atoms with Crippen molar-refractivity contribution in [1.29, 1.82) is 0 Å². The Morgan fingerprint density at radius 1 is 1.18 bits per heavy atom. The standard InChI is InChI=1S/C24H28FN5O3/c1-33-22-8-7-16(13-19(22)25)15-29-11-9-17(10-12-29)27-24(32)20-14-21(23(26)31)30(28-20)18-5-3-2-4-6-18/h2-8,13,17,21H,9-12,14-15H2,1H3,(H2,26,31)(H,27,32). The van der Waals surface area contributed by atoms with Gasteiger partial charge >= 0.3 is 0 Å². The van der Waals surface area contributed by atoms with Gasteiger partial charge in [0.1, 0.15) is 11.8 Å². The van der Waals surface area contributed by atoms with E-state index in [4.69, 9.17) is 10.5 Å². The average Bonchev–Trinajstić information content (AvgIpc) is 3.27. The lowest BCUT2D eigenvalue weighted by Gasteiger charge is -2.32. The zero-order chi connectivity index (χ0) is 23.4. The van der Waals surface area contributed by atoms with Gasteiger partial charge in [-0.05, 0) is 42.7 Å². The number of amides is 2. The molecule has 0 aromatic heterocycles. The molecule has 0 radical (unpaired) electrons. The van der Waals surface area contributed by atoms with Crippen LogP contribution >= 0.6 is 0 Å². The van der Waals surface area contributed by atoms with Crippen molar-refractivity contribution in [2.24, 2.45) is 10.8 Å². The third kappa shape index (κ3) is 5.31. The molecular weight excluding hydrogens is 425 g/mol. The number of benzene rings is 2. The van der Waals surface area contributed by atoms with Crippen molar-refractivity contribution in [2.75, 3.05) is 25.2 Å². The van der Waals surface area contributed by atoms with Crippen molar-refractivity contribution >= 4 is 23.2 Å². The molecule has 0 bridgehead atoms. The van der Waals surface area contributed by atoms with E-state index < -0.39 is 11.9 Å². The number of para-hydroxylation sites is 1. The molecule has 174 valence electrons.